The zero-order valence-corrected chi connectivity index (χ0v) is 29.5. The molecule has 0 N–H and O–H groups in total. The fourth-order valence-electron chi connectivity index (χ4n) is 7.85. The van der Waals surface area contributed by atoms with E-state index in [-0.39, 0.29) is 0 Å². The van der Waals surface area contributed by atoms with Crippen LogP contribution in [0.5, 0.6) is 0 Å². The van der Waals surface area contributed by atoms with Crippen molar-refractivity contribution in [3.63, 3.8) is 0 Å². The molecule has 0 bridgehead atoms. The second-order valence-corrected chi connectivity index (χ2v) is 15.4. The zero-order chi connectivity index (χ0) is 34.2. The second kappa shape index (κ2) is 11.7. The van der Waals surface area contributed by atoms with Crippen LogP contribution >= 0.6 is 22.7 Å². The van der Waals surface area contributed by atoms with Gasteiger partial charge in [-0.1, -0.05) is 109 Å². The predicted octanol–water partition coefficient (Wildman–Crippen LogP) is 15.1. The summed E-state index contributed by atoms with van der Waals surface area (Å²) in [5.74, 6) is 0. The number of fused-ring (bicyclic) bond motifs is 9. The summed E-state index contributed by atoms with van der Waals surface area (Å²) in [6.07, 6.45) is 0. The van der Waals surface area contributed by atoms with Gasteiger partial charge in [0.25, 0.3) is 0 Å². The molecule has 0 unspecified atom stereocenters. The van der Waals surface area contributed by atoms with Crippen LogP contribution in [0.1, 0.15) is 0 Å². The minimum atomic E-state index is 0.909. The van der Waals surface area contributed by atoms with Crippen molar-refractivity contribution in [1.82, 2.24) is 0 Å². The predicted molar refractivity (Wildman–Crippen MR) is 225 cm³/mol. The Morgan fingerprint density at radius 2 is 0.981 bits per heavy atom. The van der Waals surface area contributed by atoms with Crippen molar-refractivity contribution in [3.8, 4) is 22.3 Å². The molecule has 0 saturated heterocycles. The van der Waals surface area contributed by atoms with E-state index in [1.165, 1.54) is 57.2 Å². The van der Waals surface area contributed by atoms with Crippen molar-refractivity contribution in [3.05, 3.63) is 176 Å². The summed E-state index contributed by atoms with van der Waals surface area (Å²) in [6.45, 7) is 0. The first-order valence-corrected chi connectivity index (χ1v) is 19.1. The summed E-state index contributed by atoms with van der Waals surface area (Å²) in [4.78, 5) is 2.41. The van der Waals surface area contributed by atoms with Gasteiger partial charge in [-0.25, -0.2) is 0 Å². The molecular formula is C48H29NOS2. The topological polar surface area (TPSA) is 16.4 Å². The number of rotatable bonds is 5. The Hall–Kier alpha value is -6.20. The van der Waals surface area contributed by atoms with Gasteiger partial charge in [-0.2, -0.15) is 0 Å². The monoisotopic (exact) mass is 699 g/mol. The van der Waals surface area contributed by atoms with Crippen LogP contribution in [0.15, 0.2) is 180 Å². The van der Waals surface area contributed by atoms with Crippen molar-refractivity contribution in [2.24, 2.45) is 0 Å². The summed E-state index contributed by atoms with van der Waals surface area (Å²) in [7, 11) is 0. The number of thiophene rings is 2. The Morgan fingerprint density at radius 1 is 0.385 bits per heavy atom. The van der Waals surface area contributed by atoms with E-state index in [0.29, 0.717) is 0 Å². The Morgan fingerprint density at radius 3 is 1.79 bits per heavy atom. The van der Waals surface area contributed by atoms with Crippen LogP contribution in [0.3, 0.4) is 0 Å². The molecule has 4 heteroatoms. The van der Waals surface area contributed by atoms with E-state index in [0.717, 1.165) is 44.4 Å². The van der Waals surface area contributed by atoms with Crippen molar-refractivity contribution in [1.29, 1.82) is 0 Å². The number of benzene rings is 8. The largest absolute Gasteiger partial charge is 0.456 e. The van der Waals surface area contributed by atoms with Gasteiger partial charge in [-0.15, -0.1) is 22.7 Å². The number of hydrogen-bond donors (Lipinski definition) is 0. The maximum absolute atomic E-state index is 6.23. The Labute approximate surface area is 308 Å². The fourth-order valence-corrected chi connectivity index (χ4v) is 10.2. The maximum Gasteiger partial charge on any atom is 0.136 e. The van der Waals surface area contributed by atoms with Gasteiger partial charge < -0.3 is 9.32 Å². The smallest absolute Gasteiger partial charge is 0.136 e. The zero-order valence-electron chi connectivity index (χ0n) is 27.9. The normalized spacial score (nSPS) is 11.8. The van der Waals surface area contributed by atoms with Crippen molar-refractivity contribution < 1.29 is 4.42 Å². The van der Waals surface area contributed by atoms with E-state index in [1.54, 1.807) is 0 Å². The molecule has 0 aliphatic carbocycles. The highest BCUT2D eigenvalue weighted by Crippen LogP contribution is 2.46. The Kier molecular flexibility index (Phi) is 6.63. The van der Waals surface area contributed by atoms with Gasteiger partial charge in [-0.05, 0) is 89.0 Å². The molecule has 0 atom stereocenters. The van der Waals surface area contributed by atoms with Crippen molar-refractivity contribution in [2.45, 2.75) is 0 Å². The molecular weight excluding hydrogens is 671 g/mol. The summed E-state index contributed by atoms with van der Waals surface area (Å²) < 4.78 is 11.5. The van der Waals surface area contributed by atoms with Crippen LogP contribution in [-0.4, -0.2) is 0 Å². The minimum Gasteiger partial charge on any atom is -0.456 e. The lowest BCUT2D eigenvalue weighted by Crippen LogP contribution is -2.10. The van der Waals surface area contributed by atoms with Crippen LogP contribution in [0.4, 0.5) is 17.1 Å². The molecule has 0 aliphatic heterocycles. The number of para-hydroxylation sites is 1. The highest BCUT2D eigenvalue weighted by molar-refractivity contribution is 7.26. The molecule has 11 rings (SSSR count). The molecule has 11 aromatic rings. The molecule has 0 aliphatic rings. The van der Waals surface area contributed by atoms with Crippen LogP contribution in [0, 0.1) is 0 Å². The summed E-state index contributed by atoms with van der Waals surface area (Å²) in [6, 6.07) is 63.7. The van der Waals surface area contributed by atoms with Gasteiger partial charge in [0, 0.05) is 57.8 Å². The van der Waals surface area contributed by atoms with E-state index in [9.17, 15) is 0 Å². The molecule has 3 aromatic heterocycles. The van der Waals surface area contributed by atoms with Crippen LogP contribution in [-0.2, 0) is 0 Å². The van der Waals surface area contributed by atoms with Crippen molar-refractivity contribution in [2.75, 3.05) is 4.90 Å². The van der Waals surface area contributed by atoms with Gasteiger partial charge in [0.15, 0.2) is 0 Å². The van der Waals surface area contributed by atoms with Crippen molar-refractivity contribution >= 4 is 102 Å². The fraction of sp³-hybridized carbons (Fsp3) is 0. The van der Waals surface area contributed by atoms with Gasteiger partial charge in [0.2, 0.25) is 0 Å². The molecule has 2 nitrogen and oxygen atoms in total. The highest BCUT2D eigenvalue weighted by atomic mass is 32.1. The van der Waals surface area contributed by atoms with E-state index < -0.39 is 0 Å². The summed E-state index contributed by atoms with van der Waals surface area (Å²) in [5.41, 5.74) is 10.0. The average molecular weight is 700 g/mol. The first-order chi connectivity index (χ1) is 25.8. The van der Waals surface area contributed by atoms with Crippen LogP contribution in [0.25, 0.3) is 84.5 Å². The van der Waals surface area contributed by atoms with Gasteiger partial charge in [-0.3, -0.25) is 0 Å². The van der Waals surface area contributed by atoms with Gasteiger partial charge in [0.1, 0.15) is 11.2 Å². The number of hydrogen-bond acceptors (Lipinski definition) is 4. The van der Waals surface area contributed by atoms with E-state index in [1.807, 2.05) is 34.8 Å². The molecule has 0 spiro atoms. The molecule has 0 amide bonds. The summed E-state index contributed by atoms with van der Waals surface area (Å²) in [5, 5.41) is 7.53. The van der Waals surface area contributed by atoms with Crippen LogP contribution < -0.4 is 4.90 Å². The molecule has 0 radical (unpaired) electrons. The second-order valence-electron chi connectivity index (χ2n) is 13.3. The highest BCUT2D eigenvalue weighted by Gasteiger charge is 2.19. The molecule has 244 valence electrons. The molecule has 52 heavy (non-hydrogen) atoms. The quantitative estimate of drug-likeness (QED) is 0.178. The van der Waals surface area contributed by atoms with Gasteiger partial charge >= 0.3 is 0 Å². The average Bonchev–Trinajstić information content (AvgIpc) is 3.90. The summed E-state index contributed by atoms with van der Waals surface area (Å²) >= 11 is 3.73. The first-order valence-electron chi connectivity index (χ1n) is 17.5. The number of nitrogens with zero attached hydrogens (tertiary/aromatic N) is 1. The minimum absolute atomic E-state index is 0.909. The Bertz CT molecular complexity index is 3130. The number of anilines is 3. The maximum atomic E-state index is 6.23. The van der Waals surface area contributed by atoms with E-state index >= 15 is 0 Å². The molecule has 3 heterocycles. The lowest BCUT2D eigenvalue weighted by atomic mass is 9.99. The third kappa shape index (κ3) is 4.62. The lowest BCUT2D eigenvalue weighted by Gasteiger charge is -2.26. The van der Waals surface area contributed by atoms with E-state index in [4.69, 9.17) is 4.42 Å². The van der Waals surface area contributed by atoms with Crippen LogP contribution in [0.2, 0.25) is 0 Å². The number of furan rings is 1. The van der Waals surface area contributed by atoms with Gasteiger partial charge in [0.05, 0.1) is 10.4 Å². The lowest BCUT2D eigenvalue weighted by molar-refractivity contribution is 0.669. The first kappa shape index (κ1) is 29.5. The van der Waals surface area contributed by atoms with E-state index in [2.05, 4.69) is 169 Å². The molecule has 0 fully saturated rings. The molecule has 0 saturated carbocycles. The SMILES string of the molecule is c1ccc2c(c1)oc1cc(-c3ccc(N(c4ccc(-c5cccc6sc7ccccc7c56)cc4)c4cccc5c4sc4ccccc45)cc3)ccc12. The Balaban J connectivity index is 1.04. The third-order valence-electron chi connectivity index (χ3n) is 10.3. The standard InChI is InChI=1S/C48H29NOS2/c1-4-15-42-36(9-1)37-28-23-32(29-43(37)50-42)30-19-24-33(25-20-30)49(41-14-7-13-39-38-10-2-5-16-44(38)52-48(39)41)34-26-21-31(22-27-34)35-12-8-18-46-47(35)40-11-3-6-17-45(40)51-46/h1-29H. The third-order valence-corrected chi connectivity index (χ3v) is 12.6. The molecule has 8 aromatic carbocycles.